The van der Waals surface area contributed by atoms with Gasteiger partial charge in [0.05, 0.1) is 17.3 Å². The van der Waals surface area contributed by atoms with E-state index >= 15 is 0 Å². The van der Waals surface area contributed by atoms with E-state index in [0.717, 1.165) is 22.6 Å². The molecule has 24 heavy (non-hydrogen) atoms. The van der Waals surface area contributed by atoms with Gasteiger partial charge in [0.1, 0.15) is 11.6 Å². The summed E-state index contributed by atoms with van der Waals surface area (Å²) < 4.78 is 7.00. The fourth-order valence-electron chi connectivity index (χ4n) is 2.60. The van der Waals surface area contributed by atoms with Crippen LogP contribution in [0.25, 0.3) is 21.7 Å². The van der Waals surface area contributed by atoms with Gasteiger partial charge in [-0.05, 0) is 24.3 Å². The summed E-state index contributed by atoms with van der Waals surface area (Å²) in [7, 11) is 2.11. The second kappa shape index (κ2) is 6.51. The Morgan fingerprint density at radius 2 is 1.75 bits per heavy atom. The number of aromatic nitrogens is 3. The molecular formula is C18H17N4OS+. The maximum atomic E-state index is 5.78. The third-order valence-electron chi connectivity index (χ3n) is 3.73. The summed E-state index contributed by atoms with van der Waals surface area (Å²) in [6, 6.07) is 18.1. The average molecular weight is 337 g/mol. The van der Waals surface area contributed by atoms with E-state index in [9.17, 15) is 0 Å². The first kappa shape index (κ1) is 15.0. The summed E-state index contributed by atoms with van der Waals surface area (Å²) in [5, 5.41) is 9.42. The number of quaternary nitrogens is 1. The highest BCUT2D eigenvalue weighted by molar-refractivity contribution is 7.18. The third kappa shape index (κ3) is 3.20. The Morgan fingerprint density at radius 1 is 0.958 bits per heavy atom. The number of rotatable bonds is 5. The van der Waals surface area contributed by atoms with E-state index in [1.165, 1.54) is 9.60 Å². The van der Waals surface area contributed by atoms with E-state index in [0.29, 0.717) is 18.3 Å². The van der Waals surface area contributed by atoms with Crippen LogP contribution in [0.4, 0.5) is 0 Å². The van der Waals surface area contributed by atoms with Crippen LogP contribution in [-0.4, -0.2) is 22.2 Å². The zero-order valence-corrected chi connectivity index (χ0v) is 14.1. The molecular weight excluding hydrogens is 320 g/mol. The molecule has 0 radical (unpaired) electrons. The van der Waals surface area contributed by atoms with Crippen LogP contribution in [0, 0.1) is 0 Å². The molecule has 0 aliphatic rings. The van der Waals surface area contributed by atoms with Crippen molar-refractivity contribution in [3.63, 3.8) is 0 Å². The quantitative estimate of drug-likeness (QED) is 0.608. The largest absolute Gasteiger partial charge is 0.415 e. The molecule has 0 fully saturated rings. The molecule has 0 aliphatic heterocycles. The van der Waals surface area contributed by atoms with Gasteiger partial charge in [-0.3, -0.25) is 0 Å². The highest BCUT2D eigenvalue weighted by Crippen LogP contribution is 2.21. The van der Waals surface area contributed by atoms with Crippen LogP contribution in [0.1, 0.15) is 10.9 Å². The Kier molecular flexibility index (Phi) is 4.06. The number of thiazole rings is 1. The van der Waals surface area contributed by atoms with Crippen LogP contribution < -0.4 is 4.90 Å². The molecule has 4 rings (SSSR count). The van der Waals surface area contributed by atoms with E-state index in [-0.39, 0.29) is 0 Å². The van der Waals surface area contributed by atoms with Crippen molar-refractivity contribution in [2.24, 2.45) is 0 Å². The standard InChI is InChI=1S/C18H16N4OS/c1-22(12-17-19-14-9-5-6-10-15(14)24-17)11-16-20-21-18(23-16)13-7-3-2-4-8-13/h2-10H,11-12H2,1H3/p+1. The van der Waals surface area contributed by atoms with Crippen LogP contribution in [0.3, 0.4) is 0 Å². The van der Waals surface area contributed by atoms with Crippen molar-refractivity contribution in [1.82, 2.24) is 15.2 Å². The molecule has 0 amide bonds. The first-order valence-corrected chi connectivity index (χ1v) is 8.63. The van der Waals surface area contributed by atoms with Crippen molar-refractivity contribution in [3.8, 4) is 11.5 Å². The molecule has 0 saturated carbocycles. The third-order valence-corrected chi connectivity index (χ3v) is 4.77. The average Bonchev–Trinajstić information content (AvgIpc) is 3.21. The van der Waals surface area contributed by atoms with Crippen LogP contribution in [0.2, 0.25) is 0 Å². The summed E-state index contributed by atoms with van der Waals surface area (Å²) in [5.74, 6) is 1.21. The van der Waals surface area contributed by atoms with Gasteiger partial charge >= 0.3 is 0 Å². The van der Waals surface area contributed by atoms with Crippen molar-refractivity contribution in [2.45, 2.75) is 13.1 Å². The number of hydrogen-bond acceptors (Lipinski definition) is 5. The van der Waals surface area contributed by atoms with E-state index in [4.69, 9.17) is 4.42 Å². The number of nitrogens with one attached hydrogen (secondary N) is 1. The topological polar surface area (TPSA) is 56.2 Å². The fourth-order valence-corrected chi connectivity index (χ4v) is 3.68. The predicted octanol–water partition coefficient (Wildman–Crippen LogP) is 2.56. The van der Waals surface area contributed by atoms with E-state index in [1.54, 1.807) is 11.3 Å². The molecule has 2 heterocycles. The lowest BCUT2D eigenvalue weighted by molar-refractivity contribution is -0.909. The van der Waals surface area contributed by atoms with Gasteiger partial charge in [-0.2, -0.15) is 0 Å². The van der Waals surface area contributed by atoms with Gasteiger partial charge in [0.15, 0.2) is 6.54 Å². The lowest BCUT2D eigenvalue weighted by Gasteiger charge is -2.08. The Hall–Kier alpha value is -2.57. The smallest absolute Gasteiger partial charge is 0.271 e. The summed E-state index contributed by atoms with van der Waals surface area (Å²) in [4.78, 5) is 5.94. The molecule has 0 aliphatic carbocycles. The first-order chi connectivity index (χ1) is 11.8. The van der Waals surface area contributed by atoms with Crippen LogP contribution in [0.5, 0.6) is 0 Å². The molecule has 6 heteroatoms. The van der Waals surface area contributed by atoms with Gasteiger partial charge in [0, 0.05) is 5.56 Å². The molecule has 4 aromatic rings. The Balaban J connectivity index is 1.44. The Labute approximate surface area is 143 Å². The predicted molar refractivity (Wildman–Crippen MR) is 93.6 cm³/mol. The SMILES string of the molecule is C[NH+](Cc1nnc(-c2ccccc2)o1)Cc1nc2ccccc2s1. The van der Waals surface area contributed by atoms with Gasteiger partial charge in [-0.1, -0.05) is 30.3 Å². The monoisotopic (exact) mass is 337 g/mol. The second-order valence-corrected chi connectivity index (χ2v) is 6.87. The van der Waals surface area contributed by atoms with E-state index in [1.807, 2.05) is 42.5 Å². The minimum atomic E-state index is 0.568. The maximum Gasteiger partial charge on any atom is 0.271 e. The summed E-state index contributed by atoms with van der Waals surface area (Å²) in [6.07, 6.45) is 0. The van der Waals surface area contributed by atoms with Gasteiger partial charge < -0.3 is 9.32 Å². The molecule has 120 valence electrons. The zero-order valence-electron chi connectivity index (χ0n) is 13.3. The fraction of sp³-hybridized carbons (Fsp3) is 0.167. The van der Waals surface area contributed by atoms with E-state index < -0.39 is 0 Å². The van der Waals surface area contributed by atoms with Crippen molar-refractivity contribution in [1.29, 1.82) is 0 Å². The molecule has 0 spiro atoms. The number of para-hydroxylation sites is 1. The van der Waals surface area contributed by atoms with Crippen LogP contribution in [-0.2, 0) is 13.1 Å². The van der Waals surface area contributed by atoms with Gasteiger partial charge in [-0.25, -0.2) is 4.98 Å². The number of benzene rings is 2. The molecule has 1 unspecified atom stereocenters. The molecule has 1 atom stereocenters. The molecule has 5 nitrogen and oxygen atoms in total. The van der Waals surface area contributed by atoms with Crippen molar-refractivity contribution < 1.29 is 9.32 Å². The minimum absolute atomic E-state index is 0.568. The molecule has 2 aromatic heterocycles. The number of hydrogen-bond donors (Lipinski definition) is 1. The van der Waals surface area contributed by atoms with Crippen LogP contribution >= 0.6 is 11.3 Å². The highest BCUT2D eigenvalue weighted by atomic mass is 32.1. The zero-order chi connectivity index (χ0) is 16.4. The lowest BCUT2D eigenvalue weighted by atomic mass is 10.2. The summed E-state index contributed by atoms with van der Waals surface area (Å²) >= 11 is 1.74. The molecule has 0 bridgehead atoms. The van der Waals surface area contributed by atoms with Gasteiger partial charge in [0.25, 0.3) is 5.89 Å². The van der Waals surface area contributed by atoms with Gasteiger partial charge in [-0.15, -0.1) is 21.5 Å². The number of fused-ring (bicyclic) bond motifs is 1. The van der Waals surface area contributed by atoms with Crippen molar-refractivity contribution >= 4 is 21.6 Å². The highest BCUT2D eigenvalue weighted by Gasteiger charge is 2.15. The van der Waals surface area contributed by atoms with Crippen LogP contribution in [0.15, 0.2) is 59.0 Å². The Bertz CT molecular complexity index is 915. The van der Waals surface area contributed by atoms with Gasteiger partial charge in [0.2, 0.25) is 5.89 Å². The second-order valence-electron chi connectivity index (χ2n) is 5.75. The molecule has 2 aromatic carbocycles. The summed E-state index contributed by atoms with van der Waals surface area (Å²) in [5.41, 5.74) is 2.01. The maximum absolute atomic E-state index is 5.78. The number of nitrogens with zero attached hydrogens (tertiary/aromatic N) is 3. The molecule has 1 N–H and O–H groups in total. The Morgan fingerprint density at radius 3 is 2.58 bits per heavy atom. The lowest BCUT2D eigenvalue weighted by Crippen LogP contribution is -3.06. The molecule has 0 saturated heterocycles. The van der Waals surface area contributed by atoms with E-state index in [2.05, 4.69) is 34.4 Å². The minimum Gasteiger partial charge on any atom is -0.415 e. The van der Waals surface area contributed by atoms with Crippen molar-refractivity contribution in [3.05, 3.63) is 65.5 Å². The first-order valence-electron chi connectivity index (χ1n) is 7.81. The normalized spacial score (nSPS) is 12.5. The van der Waals surface area contributed by atoms with Crippen molar-refractivity contribution in [2.75, 3.05) is 7.05 Å². The summed E-state index contributed by atoms with van der Waals surface area (Å²) in [6.45, 7) is 1.51.